The molecule has 1 N–H and O–H groups in total. The van der Waals surface area contributed by atoms with Gasteiger partial charge in [0.25, 0.3) is 5.76 Å². The van der Waals surface area contributed by atoms with E-state index in [9.17, 15) is 8.78 Å². The van der Waals surface area contributed by atoms with Crippen LogP contribution < -0.4 is 5.32 Å². The third kappa shape index (κ3) is 4.81. The molecule has 1 aromatic carbocycles. The van der Waals surface area contributed by atoms with Crippen LogP contribution in [0, 0.1) is 0 Å². The topological polar surface area (TPSA) is 21.3 Å². The molecule has 0 amide bonds. The highest BCUT2D eigenvalue weighted by molar-refractivity contribution is 7.99. The van der Waals surface area contributed by atoms with Crippen molar-refractivity contribution in [3.63, 3.8) is 0 Å². The van der Waals surface area contributed by atoms with Crippen LogP contribution in [0.25, 0.3) is 0 Å². The lowest BCUT2D eigenvalue weighted by Gasteiger charge is -2.14. The molecule has 0 aliphatic carbocycles. The molecule has 0 spiro atoms. The van der Waals surface area contributed by atoms with Crippen molar-refractivity contribution in [1.29, 1.82) is 0 Å². The third-order valence-corrected chi connectivity index (χ3v) is 2.63. The van der Waals surface area contributed by atoms with Crippen LogP contribution in [-0.2, 0) is 4.74 Å². The number of ether oxygens (including phenoxy) is 1. The highest BCUT2D eigenvalue weighted by Crippen LogP contribution is 2.26. The monoisotopic (exact) mass is 247 g/mol. The fourth-order valence-corrected chi connectivity index (χ4v) is 1.81. The van der Waals surface area contributed by atoms with Crippen molar-refractivity contribution in [3.8, 4) is 0 Å². The van der Waals surface area contributed by atoms with Crippen molar-refractivity contribution < 1.29 is 13.5 Å². The molecule has 0 aromatic heterocycles. The van der Waals surface area contributed by atoms with E-state index in [0.29, 0.717) is 23.3 Å². The molecule has 0 fully saturated rings. The Labute approximate surface area is 98.4 Å². The fourth-order valence-electron chi connectivity index (χ4n) is 1.31. The lowest BCUT2D eigenvalue weighted by atomic mass is 10.3. The van der Waals surface area contributed by atoms with Gasteiger partial charge in [0.1, 0.15) is 0 Å². The van der Waals surface area contributed by atoms with Gasteiger partial charge in [-0.3, -0.25) is 0 Å². The summed E-state index contributed by atoms with van der Waals surface area (Å²) in [7, 11) is 1.64. The number of rotatable bonds is 6. The third-order valence-electron chi connectivity index (χ3n) is 1.91. The van der Waals surface area contributed by atoms with Crippen molar-refractivity contribution in [1.82, 2.24) is 0 Å². The zero-order valence-electron chi connectivity index (χ0n) is 9.24. The molecule has 90 valence electrons. The summed E-state index contributed by atoms with van der Waals surface area (Å²) in [6.45, 7) is 2.60. The zero-order chi connectivity index (χ0) is 12.0. The number of hydrogen-bond acceptors (Lipinski definition) is 3. The van der Waals surface area contributed by atoms with Crippen LogP contribution in [0.3, 0.4) is 0 Å². The highest BCUT2D eigenvalue weighted by atomic mass is 32.2. The molecule has 0 radical (unpaired) electrons. The number of benzene rings is 1. The van der Waals surface area contributed by atoms with Crippen molar-refractivity contribution in [3.05, 3.63) is 24.3 Å². The summed E-state index contributed by atoms with van der Waals surface area (Å²) >= 11 is 0.550. The quantitative estimate of drug-likeness (QED) is 0.778. The summed E-state index contributed by atoms with van der Waals surface area (Å²) in [6.07, 6.45) is 0. The van der Waals surface area contributed by atoms with Crippen molar-refractivity contribution in [2.24, 2.45) is 0 Å². The molecule has 0 heterocycles. The molecule has 16 heavy (non-hydrogen) atoms. The van der Waals surface area contributed by atoms with Crippen LogP contribution in [0.2, 0.25) is 0 Å². The van der Waals surface area contributed by atoms with Gasteiger partial charge in [-0.25, -0.2) is 0 Å². The molecule has 0 aliphatic rings. The number of nitrogens with one attached hydrogen (secondary N) is 1. The SMILES string of the molecule is COCC(C)Nc1ccc(SC(F)F)cc1. The van der Waals surface area contributed by atoms with Crippen LogP contribution in [-0.4, -0.2) is 25.5 Å². The Hall–Kier alpha value is -0.810. The number of alkyl halides is 2. The Balaban J connectivity index is 2.50. The minimum absolute atomic E-state index is 0.193. The zero-order valence-corrected chi connectivity index (χ0v) is 10.1. The van der Waals surface area contributed by atoms with Gasteiger partial charge >= 0.3 is 0 Å². The second-order valence-corrected chi connectivity index (χ2v) is 4.47. The van der Waals surface area contributed by atoms with Crippen molar-refractivity contribution >= 4 is 17.4 Å². The van der Waals surface area contributed by atoms with Crippen LogP contribution in [0.15, 0.2) is 29.2 Å². The minimum Gasteiger partial charge on any atom is -0.383 e. The summed E-state index contributed by atoms with van der Waals surface area (Å²) < 4.78 is 29.1. The average molecular weight is 247 g/mol. The van der Waals surface area contributed by atoms with Crippen LogP contribution in [0.4, 0.5) is 14.5 Å². The van der Waals surface area contributed by atoms with E-state index in [2.05, 4.69) is 5.32 Å². The van der Waals surface area contributed by atoms with Gasteiger partial charge in [-0.15, -0.1) is 0 Å². The summed E-state index contributed by atoms with van der Waals surface area (Å²) in [6, 6.07) is 7.13. The Morgan fingerprint density at radius 1 is 1.31 bits per heavy atom. The fraction of sp³-hybridized carbons (Fsp3) is 0.455. The number of methoxy groups -OCH3 is 1. The normalized spacial score (nSPS) is 12.8. The van der Waals surface area contributed by atoms with Gasteiger partial charge in [0.2, 0.25) is 0 Å². The first-order valence-electron chi connectivity index (χ1n) is 4.92. The van der Waals surface area contributed by atoms with E-state index >= 15 is 0 Å². The average Bonchev–Trinajstić information content (AvgIpc) is 2.20. The standard InChI is InChI=1S/C11H15F2NOS/c1-8(7-15-2)14-9-3-5-10(6-4-9)16-11(12)13/h3-6,8,11,14H,7H2,1-2H3. The van der Waals surface area contributed by atoms with E-state index in [1.807, 2.05) is 6.92 Å². The van der Waals surface area contributed by atoms with Gasteiger partial charge in [-0.1, -0.05) is 11.8 Å². The Morgan fingerprint density at radius 3 is 2.44 bits per heavy atom. The highest BCUT2D eigenvalue weighted by Gasteiger charge is 2.05. The van der Waals surface area contributed by atoms with Crippen molar-refractivity contribution in [2.75, 3.05) is 19.0 Å². The maximum Gasteiger partial charge on any atom is 0.288 e. The summed E-state index contributed by atoms with van der Waals surface area (Å²) in [5, 5.41) is 3.20. The van der Waals surface area contributed by atoms with Crippen molar-refractivity contribution in [2.45, 2.75) is 23.6 Å². The molecule has 0 saturated heterocycles. The van der Waals surface area contributed by atoms with E-state index in [-0.39, 0.29) is 6.04 Å². The molecule has 1 aromatic rings. The Bertz CT molecular complexity index is 305. The maximum absolute atomic E-state index is 12.1. The van der Waals surface area contributed by atoms with Gasteiger partial charge in [0.05, 0.1) is 6.61 Å². The maximum atomic E-state index is 12.1. The number of anilines is 1. The van der Waals surface area contributed by atoms with E-state index in [1.54, 1.807) is 31.4 Å². The van der Waals surface area contributed by atoms with Crippen LogP contribution >= 0.6 is 11.8 Å². The molecular weight excluding hydrogens is 232 g/mol. The van der Waals surface area contributed by atoms with E-state index in [4.69, 9.17) is 4.74 Å². The number of halogens is 2. The van der Waals surface area contributed by atoms with Crippen LogP contribution in [0.5, 0.6) is 0 Å². The molecule has 0 saturated carbocycles. The first-order chi connectivity index (χ1) is 7.61. The Morgan fingerprint density at radius 2 is 1.94 bits per heavy atom. The summed E-state index contributed by atoms with van der Waals surface area (Å²) in [4.78, 5) is 0.569. The Kier molecular flexibility index (Phi) is 5.55. The van der Waals surface area contributed by atoms with Crippen LogP contribution in [0.1, 0.15) is 6.92 Å². The van der Waals surface area contributed by atoms with E-state index < -0.39 is 5.76 Å². The van der Waals surface area contributed by atoms with E-state index in [1.165, 1.54) is 0 Å². The summed E-state index contributed by atoms with van der Waals surface area (Å²) in [5.74, 6) is -2.37. The molecule has 5 heteroatoms. The van der Waals surface area contributed by atoms with E-state index in [0.717, 1.165) is 5.69 Å². The molecule has 0 bridgehead atoms. The molecule has 1 rings (SSSR count). The van der Waals surface area contributed by atoms with Gasteiger partial charge in [-0.05, 0) is 31.2 Å². The van der Waals surface area contributed by atoms with Gasteiger partial charge in [-0.2, -0.15) is 8.78 Å². The number of hydrogen-bond donors (Lipinski definition) is 1. The molecule has 0 aliphatic heterocycles. The molecule has 1 unspecified atom stereocenters. The second kappa shape index (κ2) is 6.70. The van der Waals surface area contributed by atoms with Gasteiger partial charge in [0, 0.05) is 23.7 Å². The minimum atomic E-state index is -2.37. The predicted octanol–water partition coefficient (Wildman–Crippen LogP) is 3.45. The molecule has 2 nitrogen and oxygen atoms in total. The molecular formula is C11H15F2NOS. The van der Waals surface area contributed by atoms with Gasteiger partial charge in [0.15, 0.2) is 0 Å². The molecule has 1 atom stereocenters. The number of thioether (sulfide) groups is 1. The first kappa shape index (κ1) is 13.3. The lowest BCUT2D eigenvalue weighted by molar-refractivity contribution is 0.190. The predicted molar refractivity (Wildman–Crippen MR) is 63.3 cm³/mol. The lowest BCUT2D eigenvalue weighted by Crippen LogP contribution is -2.20. The smallest absolute Gasteiger partial charge is 0.288 e. The largest absolute Gasteiger partial charge is 0.383 e. The van der Waals surface area contributed by atoms with Gasteiger partial charge < -0.3 is 10.1 Å². The second-order valence-electron chi connectivity index (χ2n) is 3.40. The summed E-state index contributed by atoms with van der Waals surface area (Å²) in [5.41, 5.74) is 0.906. The first-order valence-corrected chi connectivity index (χ1v) is 5.80.